The molecule has 0 aliphatic carbocycles. The first-order valence-corrected chi connectivity index (χ1v) is 11.5. The van der Waals surface area contributed by atoms with Gasteiger partial charge in [-0.3, -0.25) is 4.79 Å². The van der Waals surface area contributed by atoms with Crippen molar-refractivity contribution >= 4 is 43.8 Å². The lowest BCUT2D eigenvalue weighted by molar-refractivity contribution is 0.0524. The number of sulfonamides is 1. The maximum atomic E-state index is 12.7. The SMILES string of the molecule is CCOC(=O)c1cn(CC)c2cc(/C=N/NS(=O)(=O)c3ccc(C)cc3)sc2c1=O. The first-order valence-electron chi connectivity index (χ1n) is 9.22. The van der Waals surface area contributed by atoms with Crippen LogP contribution in [-0.4, -0.2) is 31.8 Å². The number of thiophene rings is 1. The molecular formula is C20H21N3O5S2. The zero-order valence-electron chi connectivity index (χ0n) is 16.7. The van der Waals surface area contributed by atoms with Crippen molar-refractivity contribution < 1.29 is 17.9 Å². The number of hydrogen-bond donors (Lipinski definition) is 1. The summed E-state index contributed by atoms with van der Waals surface area (Å²) >= 11 is 1.13. The van der Waals surface area contributed by atoms with Gasteiger partial charge in [-0.2, -0.15) is 13.5 Å². The van der Waals surface area contributed by atoms with Crippen LogP contribution in [-0.2, 0) is 21.3 Å². The van der Waals surface area contributed by atoms with Crippen molar-refractivity contribution in [3.8, 4) is 0 Å². The van der Waals surface area contributed by atoms with Crippen molar-refractivity contribution in [3.05, 3.63) is 62.8 Å². The first-order chi connectivity index (χ1) is 14.3. The molecule has 0 saturated heterocycles. The Morgan fingerprint density at radius 3 is 2.60 bits per heavy atom. The number of benzene rings is 1. The smallest absolute Gasteiger partial charge is 0.343 e. The number of fused-ring (bicyclic) bond motifs is 1. The van der Waals surface area contributed by atoms with Gasteiger partial charge in [0.05, 0.1) is 32.8 Å². The fourth-order valence-electron chi connectivity index (χ4n) is 2.79. The fraction of sp³-hybridized carbons (Fsp3) is 0.250. The van der Waals surface area contributed by atoms with Crippen LogP contribution in [0.5, 0.6) is 0 Å². The number of rotatable bonds is 7. The number of nitrogens with zero attached hydrogens (tertiary/aromatic N) is 2. The highest BCUT2D eigenvalue weighted by Gasteiger charge is 2.18. The fourth-order valence-corrected chi connectivity index (χ4v) is 4.58. The number of nitrogens with one attached hydrogen (secondary N) is 1. The van der Waals surface area contributed by atoms with Crippen LogP contribution in [0, 0.1) is 6.92 Å². The van der Waals surface area contributed by atoms with Crippen LogP contribution in [0.3, 0.4) is 0 Å². The third-order valence-corrected chi connectivity index (χ3v) is 6.60. The lowest BCUT2D eigenvalue weighted by atomic mass is 10.2. The molecule has 158 valence electrons. The molecule has 2 heterocycles. The van der Waals surface area contributed by atoms with Crippen LogP contribution in [0.1, 0.15) is 34.6 Å². The predicted octanol–water partition coefficient (Wildman–Crippen LogP) is 2.88. The van der Waals surface area contributed by atoms with Crippen LogP contribution in [0.15, 0.2) is 51.3 Å². The molecule has 0 bridgehead atoms. The lowest BCUT2D eigenvalue weighted by Crippen LogP contribution is -2.19. The number of carbonyl (C=O) groups is 1. The van der Waals surface area contributed by atoms with E-state index in [4.69, 9.17) is 4.74 Å². The van der Waals surface area contributed by atoms with Gasteiger partial charge in [-0.05, 0) is 39.0 Å². The number of ether oxygens (including phenoxy) is 1. The summed E-state index contributed by atoms with van der Waals surface area (Å²) in [6.45, 7) is 6.14. The molecule has 0 aliphatic rings. The monoisotopic (exact) mass is 447 g/mol. The number of pyridine rings is 1. The molecule has 0 unspecified atom stereocenters. The summed E-state index contributed by atoms with van der Waals surface area (Å²) in [5.41, 5.74) is 1.14. The molecule has 1 aromatic carbocycles. The summed E-state index contributed by atoms with van der Waals surface area (Å²) in [6, 6.07) is 8.12. The Hall–Kier alpha value is -2.98. The minimum Gasteiger partial charge on any atom is -0.462 e. The van der Waals surface area contributed by atoms with Crippen LogP contribution >= 0.6 is 11.3 Å². The van der Waals surface area contributed by atoms with Crippen molar-refractivity contribution in [1.29, 1.82) is 0 Å². The van der Waals surface area contributed by atoms with Crippen LogP contribution in [0.4, 0.5) is 0 Å². The predicted molar refractivity (Wildman–Crippen MR) is 117 cm³/mol. The van der Waals surface area contributed by atoms with E-state index in [1.54, 1.807) is 29.7 Å². The Kier molecular flexibility index (Phi) is 6.37. The van der Waals surface area contributed by atoms with Gasteiger partial charge in [-0.25, -0.2) is 9.63 Å². The van der Waals surface area contributed by atoms with Crippen molar-refractivity contribution in [2.75, 3.05) is 6.61 Å². The quantitative estimate of drug-likeness (QED) is 0.340. The van der Waals surface area contributed by atoms with Crippen molar-refractivity contribution in [2.24, 2.45) is 5.10 Å². The number of hydrogen-bond acceptors (Lipinski definition) is 7. The van der Waals surface area contributed by atoms with E-state index in [1.807, 2.05) is 13.8 Å². The summed E-state index contributed by atoms with van der Waals surface area (Å²) in [5.74, 6) is -0.666. The summed E-state index contributed by atoms with van der Waals surface area (Å²) < 4.78 is 31.7. The molecule has 0 spiro atoms. The number of carbonyl (C=O) groups excluding carboxylic acids is 1. The maximum absolute atomic E-state index is 12.7. The van der Waals surface area contributed by atoms with E-state index in [1.165, 1.54) is 24.5 Å². The Labute approximate surface area is 177 Å². The second-order valence-corrected chi connectivity index (χ2v) is 9.15. The highest BCUT2D eigenvalue weighted by atomic mass is 32.2. The van der Waals surface area contributed by atoms with Gasteiger partial charge in [0.25, 0.3) is 10.0 Å². The molecule has 2 aromatic heterocycles. The molecule has 0 saturated carbocycles. The first kappa shape index (κ1) is 21.7. The van der Waals surface area contributed by atoms with E-state index in [2.05, 4.69) is 9.93 Å². The molecule has 0 atom stereocenters. The lowest BCUT2D eigenvalue weighted by Gasteiger charge is -2.08. The average molecular weight is 448 g/mol. The van der Waals surface area contributed by atoms with Crippen molar-refractivity contribution in [1.82, 2.24) is 9.40 Å². The van der Waals surface area contributed by atoms with E-state index in [-0.39, 0.29) is 17.1 Å². The molecule has 0 aliphatic heterocycles. The Morgan fingerprint density at radius 2 is 1.97 bits per heavy atom. The van der Waals surface area contributed by atoms with Crippen LogP contribution in [0.2, 0.25) is 0 Å². The molecule has 10 heteroatoms. The van der Waals surface area contributed by atoms with E-state index >= 15 is 0 Å². The summed E-state index contributed by atoms with van der Waals surface area (Å²) in [5, 5.41) is 3.82. The average Bonchev–Trinajstić information content (AvgIpc) is 3.13. The van der Waals surface area contributed by atoms with Gasteiger partial charge in [0, 0.05) is 12.7 Å². The van der Waals surface area contributed by atoms with Crippen LogP contribution < -0.4 is 10.3 Å². The number of aromatic nitrogens is 1. The summed E-state index contributed by atoms with van der Waals surface area (Å²) in [6.07, 6.45) is 2.82. The molecule has 0 amide bonds. The van der Waals surface area contributed by atoms with Gasteiger partial charge >= 0.3 is 5.97 Å². The standard InChI is InChI=1S/C20H21N3O5S2/c1-4-23-12-16(20(25)28-5-2)18(24)19-17(23)10-14(29-19)11-21-22-30(26,27)15-8-6-13(3)7-9-15/h6-12,22H,4-5H2,1-3H3/b21-11+. The molecule has 0 fully saturated rings. The zero-order chi connectivity index (χ0) is 21.9. The van der Waals surface area contributed by atoms with Gasteiger partial charge in [-0.1, -0.05) is 17.7 Å². The van der Waals surface area contributed by atoms with E-state index in [9.17, 15) is 18.0 Å². The largest absolute Gasteiger partial charge is 0.462 e. The molecular weight excluding hydrogens is 426 g/mol. The number of aryl methyl sites for hydroxylation is 2. The molecule has 30 heavy (non-hydrogen) atoms. The van der Waals surface area contributed by atoms with Gasteiger partial charge in [0.1, 0.15) is 5.56 Å². The zero-order valence-corrected chi connectivity index (χ0v) is 18.3. The summed E-state index contributed by atoms with van der Waals surface area (Å²) in [7, 11) is -3.79. The molecule has 1 N–H and O–H groups in total. The highest BCUT2D eigenvalue weighted by molar-refractivity contribution is 7.89. The third kappa shape index (κ3) is 4.44. The van der Waals surface area contributed by atoms with Gasteiger partial charge in [0.15, 0.2) is 0 Å². The van der Waals surface area contributed by atoms with E-state index in [0.29, 0.717) is 21.6 Å². The Bertz CT molecular complexity index is 1270. The van der Waals surface area contributed by atoms with Gasteiger partial charge < -0.3 is 9.30 Å². The molecule has 8 nitrogen and oxygen atoms in total. The number of esters is 1. The minimum absolute atomic E-state index is 0.0309. The molecule has 3 rings (SSSR count). The van der Waals surface area contributed by atoms with E-state index in [0.717, 1.165) is 16.9 Å². The van der Waals surface area contributed by atoms with Gasteiger partial charge in [0.2, 0.25) is 5.43 Å². The number of hydrazone groups is 1. The normalized spacial score (nSPS) is 11.8. The van der Waals surface area contributed by atoms with Gasteiger partial charge in [-0.15, -0.1) is 11.3 Å². The maximum Gasteiger partial charge on any atom is 0.343 e. The minimum atomic E-state index is -3.79. The Balaban J connectivity index is 1.91. The van der Waals surface area contributed by atoms with Crippen molar-refractivity contribution in [3.63, 3.8) is 0 Å². The highest BCUT2D eigenvalue weighted by Crippen LogP contribution is 2.23. The molecule has 0 radical (unpaired) electrons. The van der Waals surface area contributed by atoms with E-state index < -0.39 is 21.4 Å². The topological polar surface area (TPSA) is 107 Å². The second-order valence-electron chi connectivity index (χ2n) is 6.41. The van der Waals surface area contributed by atoms with Crippen molar-refractivity contribution in [2.45, 2.75) is 32.2 Å². The Morgan fingerprint density at radius 1 is 1.27 bits per heavy atom. The molecule has 3 aromatic rings. The third-order valence-electron chi connectivity index (χ3n) is 4.31. The van der Waals surface area contributed by atoms with Crippen LogP contribution in [0.25, 0.3) is 10.2 Å². The second kappa shape index (κ2) is 8.80. The summed E-state index contributed by atoms with van der Waals surface area (Å²) in [4.78, 5) is 27.6.